The van der Waals surface area contributed by atoms with Crippen LogP contribution in [0, 0.1) is 5.92 Å². The minimum Gasteiger partial charge on any atom is -0.372 e. The zero-order chi connectivity index (χ0) is 13.7. The molecule has 0 aromatic carbocycles. The van der Waals surface area contributed by atoms with Gasteiger partial charge in [0.1, 0.15) is 11.6 Å². The molecule has 0 saturated heterocycles. The zero-order valence-electron chi connectivity index (χ0n) is 11.3. The van der Waals surface area contributed by atoms with Gasteiger partial charge in [-0.3, -0.25) is 0 Å². The van der Waals surface area contributed by atoms with Crippen LogP contribution >= 0.6 is 23.2 Å². The van der Waals surface area contributed by atoms with Crippen LogP contribution in [-0.2, 0) is 0 Å². The summed E-state index contributed by atoms with van der Waals surface area (Å²) >= 11 is 12.1. The first kappa shape index (κ1) is 15.4. The summed E-state index contributed by atoms with van der Waals surface area (Å²) in [5.41, 5.74) is 0. The van der Waals surface area contributed by atoms with Crippen molar-refractivity contribution < 1.29 is 0 Å². The van der Waals surface area contributed by atoms with Crippen molar-refractivity contribution in [1.29, 1.82) is 0 Å². The van der Waals surface area contributed by atoms with Gasteiger partial charge in [0.2, 0.25) is 0 Å². The maximum Gasteiger partial charge on any atom is 0.147 e. The van der Waals surface area contributed by atoms with Crippen LogP contribution in [0.4, 0.5) is 11.6 Å². The molecule has 18 heavy (non-hydrogen) atoms. The summed E-state index contributed by atoms with van der Waals surface area (Å²) in [4.78, 5) is 4.37. The Morgan fingerprint density at radius 2 is 1.72 bits per heavy atom. The molecule has 0 radical (unpaired) electrons. The van der Waals surface area contributed by atoms with Gasteiger partial charge in [0.15, 0.2) is 0 Å². The molecule has 0 saturated carbocycles. The second-order valence-electron chi connectivity index (χ2n) is 4.92. The molecule has 2 N–H and O–H groups in total. The Hall–Kier alpha value is -0.670. The monoisotopic (exact) mass is 289 g/mol. The number of halogens is 2. The van der Waals surface area contributed by atoms with Crippen LogP contribution in [-0.4, -0.2) is 18.1 Å². The van der Waals surface area contributed by atoms with E-state index < -0.39 is 0 Å². The number of hydrogen-bond acceptors (Lipinski definition) is 3. The van der Waals surface area contributed by atoms with Gasteiger partial charge in [0, 0.05) is 13.1 Å². The molecule has 0 amide bonds. The highest BCUT2D eigenvalue weighted by molar-refractivity contribution is 6.37. The topological polar surface area (TPSA) is 37.0 Å². The van der Waals surface area contributed by atoms with Crippen molar-refractivity contribution in [2.75, 3.05) is 17.7 Å². The SMILES string of the molecule is CNc1nc(NC(C)CCC(C)C)c(Cl)cc1Cl. The maximum atomic E-state index is 6.13. The fourth-order valence-corrected chi connectivity index (χ4v) is 2.14. The third kappa shape index (κ3) is 4.54. The van der Waals surface area contributed by atoms with Gasteiger partial charge >= 0.3 is 0 Å². The third-order valence-electron chi connectivity index (χ3n) is 2.73. The standard InChI is InChI=1S/C13H21Cl2N3/c1-8(2)5-6-9(3)17-13-11(15)7-10(14)12(16-4)18-13/h7-9H,5-6H2,1-4H3,(H2,16,17,18). The highest BCUT2D eigenvalue weighted by Crippen LogP contribution is 2.29. The summed E-state index contributed by atoms with van der Waals surface area (Å²) in [6.07, 6.45) is 2.27. The lowest BCUT2D eigenvalue weighted by molar-refractivity contribution is 0.527. The van der Waals surface area contributed by atoms with Gasteiger partial charge in [-0.2, -0.15) is 0 Å². The molecule has 0 aliphatic heterocycles. The lowest BCUT2D eigenvalue weighted by Gasteiger charge is -2.17. The van der Waals surface area contributed by atoms with Crippen LogP contribution in [0.15, 0.2) is 6.07 Å². The average Bonchev–Trinajstić information content (AvgIpc) is 2.30. The van der Waals surface area contributed by atoms with E-state index in [4.69, 9.17) is 23.2 Å². The molecule has 1 rings (SSSR count). The zero-order valence-corrected chi connectivity index (χ0v) is 12.9. The third-order valence-corrected chi connectivity index (χ3v) is 3.30. The largest absolute Gasteiger partial charge is 0.372 e. The Balaban J connectivity index is 2.71. The number of hydrogen-bond donors (Lipinski definition) is 2. The fraction of sp³-hybridized carbons (Fsp3) is 0.615. The number of nitrogens with zero attached hydrogens (tertiary/aromatic N) is 1. The molecule has 0 aliphatic rings. The molecule has 3 nitrogen and oxygen atoms in total. The molecule has 0 aliphatic carbocycles. The summed E-state index contributed by atoms with van der Waals surface area (Å²) in [5.74, 6) is 2.03. The molecule has 0 fully saturated rings. The molecule has 0 bridgehead atoms. The second-order valence-corrected chi connectivity index (χ2v) is 5.73. The highest BCUT2D eigenvalue weighted by atomic mass is 35.5. The van der Waals surface area contributed by atoms with E-state index in [0.29, 0.717) is 33.6 Å². The number of aromatic nitrogens is 1. The van der Waals surface area contributed by atoms with Crippen molar-refractivity contribution in [3.63, 3.8) is 0 Å². The predicted octanol–water partition coefficient (Wildman–Crippen LogP) is 4.67. The van der Waals surface area contributed by atoms with E-state index in [1.807, 2.05) is 0 Å². The van der Waals surface area contributed by atoms with Gasteiger partial charge in [-0.15, -0.1) is 0 Å². The fourth-order valence-electron chi connectivity index (χ4n) is 1.63. The molecule has 1 aromatic heterocycles. The first-order valence-corrected chi connectivity index (χ1v) is 7.00. The van der Waals surface area contributed by atoms with Crippen molar-refractivity contribution in [3.8, 4) is 0 Å². The molecular formula is C13H21Cl2N3. The molecule has 1 aromatic rings. The first-order valence-electron chi connectivity index (χ1n) is 6.24. The van der Waals surface area contributed by atoms with E-state index in [9.17, 15) is 0 Å². The lowest BCUT2D eigenvalue weighted by atomic mass is 10.0. The van der Waals surface area contributed by atoms with Crippen molar-refractivity contribution in [3.05, 3.63) is 16.1 Å². The highest BCUT2D eigenvalue weighted by Gasteiger charge is 2.11. The van der Waals surface area contributed by atoms with E-state index in [2.05, 4.69) is 36.4 Å². The van der Waals surface area contributed by atoms with Crippen LogP contribution in [0.25, 0.3) is 0 Å². The van der Waals surface area contributed by atoms with E-state index in [0.717, 1.165) is 6.42 Å². The van der Waals surface area contributed by atoms with Gasteiger partial charge in [0.05, 0.1) is 10.0 Å². The van der Waals surface area contributed by atoms with Crippen molar-refractivity contribution in [2.45, 2.75) is 39.7 Å². The number of rotatable bonds is 6. The summed E-state index contributed by atoms with van der Waals surface area (Å²) in [5, 5.41) is 7.35. The molecule has 5 heteroatoms. The Labute approximate surface area is 119 Å². The average molecular weight is 290 g/mol. The Bertz CT molecular complexity index is 394. The lowest BCUT2D eigenvalue weighted by Crippen LogP contribution is -2.17. The molecule has 1 atom stereocenters. The Morgan fingerprint density at radius 1 is 1.11 bits per heavy atom. The minimum absolute atomic E-state index is 0.336. The van der Waals surface area contributed by atoms with Crippen LogP contribution in [0.2, 0.25) is 10.0 Å². The van der Waals surface area contributed by atoms with Gasteiger partial charge in [-0.25, -0.2) is 4.98 Å². The van der Waals surface area contributed by atoms with Gasteiger partial charge in [0.25, 0.3) is 0 Å². The van der Waals surface area contributed by atoms with Crippen molar-refractivity contribution >= 4 is 34.8 Å². The van der Waals surface area contributed by atoms with Crippen molar-refractivity contribution in [1.82, 2.24) is 4.98 Å². The van der Waals surface area contributed by atoms with Crippen molar-refractivity contribution in [2.24, 2.45) is 5.92 Å². The van der Waals surface area contributed by atoms with Gasteiger partial charge in [-0.05, 0) is 31.7 Å². The number of anilines is 2. The summed E-state index contributed by atoms with van der Waals surface area (Å²) in [6.45, 7) is 6.58. The van der Waals surface area contributed by atoms with E-state index in [1.165, 1.54) is 6.42 Å². The Morgan fingerprint density at radius 3 is 2.28 bits per heavy atom. The molecule has 0 spiro atoms. The Kier molecular flexibility index (Phi) is 6.03. The molecule has 1 unspecified atom stereocenters. The van der Waals surface area contributed by atoms with Crippen LogP contribution in [0.3, 0.4) is 0 Å². The van der Waals surface area contributed by atoms with Crippen LogP contribution in [0.1, 0.15) is 33.6 Å². The molecule has 102 valence electrons. The number of nitrogens with one attached hydrogen (secondary N) is 2. The molecule has 1 heterocycles. The van der Waals surface area contributed by atoms with Gasteiger partial charge < -0.3 is 10.6 Å². The van der Waals surface area contributed by atoms with Gasteiger partial charge in [-0.1, -0.05) is 37.0 Å². The first-order chi connectivity index (χ1) is 8.43. The van der Waals surface area contributed by atoms with Crippen LogP contribution in [0.5, 0.6) is 0 Å². The van der Waals surface area contributed by atoms with E-state index in [-0.39, 0.29) is 0 Å². The van der Waals surface area contributed by atoms with E-state index in [1.54, 1.807) is 13.1 Å². The summed E-state index contributed by atoms with van der Waals surface area (Å²) in [6, 6.07) is 2.04. The quantitative estimate of drug-likeness (QED) is 0.799. The number of pyridine rings is 1. The summed E-state index contributed by atoms with van der Waals surface area (Å²) < 4.78 is 0. The minimum atomic E-state index is 0.336. The normalized spacial score (nSPS) is 12.6. The summed E-state index contributed by atoms with van der Waals surface area (Å²) in [7, 11) is 1.79. The maximum absolute atomic E-state index is 6.13. The predicted molar refractivity (Wildman–Crippen MR) is 81.0 cm³/mol. The smallest absolute Gasteiger partial charge is 0.147 e. The van der Waals surface area contributed by atoms with E-state index >= 15 is 0 Å². The molecular weight excluding hydrogens is 269 g/mol. The van der Waals surface area contributed by atoms with Crippen LogP contribution < -0.4 is 10.6 Å². The second kappa shape index (κ2) is 7.05.